The Hall–Kier alpha value is -4.00. The molecule has 2 amide bonds. The van der Waals surface area contributed by atoms with Gasteiger partial charge in [0.2, 0.25) is 0 Å². The molecule has 3 aromatic rings. The number of amides is 2. The van der Waals surface area contributed by atoms with Crippen molar-refractivity contribution in [3.63, 3.8) is 0 Å². The third-order valence-electron chi connectivity index (χ3n) is 5.01. The fourth-order valence-electron chi connectivity index (χ4n) is 3.52. The van der Waals surface area contributed by atoms with Gasteiger partial charge in [-0.05, 0) is 36.8 Å². The zero-order valence-corrected chi connectivity index (χ0v) is 18.0. The number of methoxy groups -OCH3 is 1. The van der Waals surface area contributed by atoms with Gasteiger partial charge in [0, 0.05) is 17.3 Å². The number of carbonyl (C=O) groups is 2. The van der Waals surface area contributed by atoms with Crippen molar-refractivity contribution in [3.05, 3.63) is 83.9 Å². The molecule has 0 atom stereocenters. The highest BCUT2D eigenvalue weighted by molar-refractivity contribution is 6.36. The average Bonchev–Trinajstić information content (AvgIpc) is 3.41. The molecule has 0 aliphatic carbocycles. The number of imide groups is 1. The first-order chi connectivity index (χ1) is 15.6. The molecule has 4 rings (SSSR count). The lowest BCUT2D eigenvalue weighted by molar-refractivity contribution is -0.137. The molecule has 1 aliphatic heterocycles. The van der Waals surface area contributed by atoms with Crippen LogP contribution in [0.15, 0.2) is 77.0 Å². The molecule has 0 saturated heterocycles. The fourth-order valence-corrected chi connectivity index (χ4v) is 3.52. The molecule has 2 aromatic carbocycles. The van der Waals surface area contributed by atoms with Gasteiger partial charge < -0.3 is 19.2 Å². The lowest BCUT2D eigenvalue weighted by Gasteiger charge is -2.14. The van der Waals surface area contributed by atoms with Crippen LogP contribution in [0.2, 0.25) is 0 Å². The number of nitrogens with one attached hydrogen (secondary N) is 1. The second-order valence-corrected chi connectivity index (χ2v) is 7.23. The topological polar surface area (TPSA) is 81.0 Å². The molecule has 0 unspecified atom stereocenters. The Morgan fingerprint density at radius 1 is 1.00 bits per heavy atom. The van der Waals surface area contributed by atoms with Crippen LogP contribution in [0.3, 0.4) is 0 Å². The van der Waals surface area contributed by atoms with Crippen molar-refractivity contribution < 1.29 is 23.5 Å². The molecule has 1 N–H and O–H groups in total. The van der Waals surface area contributed by atoms with Crippen LogP contribution < -0.4 is 14.8 Å². The quantitative estimate of drug-likeness (QED) is 0.503. The van der Waals surface area contributed by atoms with Crippen molar-refractivity contribution in [3.8, 4) is 11.5 Å². The summed E-state index contributed by atoms with van der Waals surface area (Å²) in [6.45, 7) is 2.66. The summed E-state index contributed by atoms with van der Waals surface area (Å²) in [7, 11) is 1.53. The van der Waals surface area contributed by atoms with Crippen molar-refractivity contribution in [1.29, 1.82) is 0 Å². The summed E-state index contributed by atoms with van der Waals surface area (Å²) in [5.41, 5.74) is 1.61. The maximum absolute atomic E-state index is 13.4. The standard InChI is InChI=1S/C25H24N2O5/c1-3-13-31-18-9-6-8-17(15-18)26-23-22(20-11-4-5-12-21(20)30-2)24(28)27(25(23)29)16-19-10-7-14-32-19/h4-12,14-15,26H,3,13,16H2,1-2H3. The van der Waals surface area contributed by atoms with Gasteiger partial charge in [-0.15, -0.1) is 0 Å². The SMILES string of the molecule is CCCOc1cccc(NC2=C(c3ccccc3OC)C(=O)N(Cc3ccco3)C2=O)c1. The molecule has 164 valence electrons. The van der Waals surface area contributed by atoms with Crippen molar-refractivity contribution in [2.45, 2.75) is 19.9 Å². The molecule has 0 fully saturated rings. The molecule has 7 nitrogen and oxygen atoms in total. The molecule has 0 spiro atoms. The largest absolute Gasteiger partial charge is 0.496 e. The van der Waals surface area contributed by atoms with E-state index in [2.05, 4.69) is 5.32 Å². The van der Waals surface area contributed by atoms with Crippen molar-refractivity contribution in [2.24, 2.45) is 0 Å². The normalized spacial score (nSPS) is 13.6. The van der Waals surface area contributed by atoms with E-state index in [1.54, 1.807) is 36.4 Å². The van der Waals surface area contributed by atoms with E-state index in [4.69, 9.17) is 13.9 Å². The van der Waals surface area contributed by atoms with Crippen LogP contribution in [-0.2, 0) is 16.1 Å². The van der Waals surface area contributed by atoms with Gasteiger partial charge in [0.15, 0.2) is 0 Å². The number of nitrogens with zero attached hydrogens (tertiary/aromatic N) is 1. The molecule has 7 heteroatoms. The second-order valence-electron chi connectivity index (χ2n) is 7.23. The van der Waals surface area contributed by atoms with Gasteiger partial charge in [-0.25, -0.2) is 0 Å². The summed E-state index contributed by atoms with van der Waals surface area (Å²) in [4.78, 5) is 27.9. The monoisotopic (exact) mass is 432 g/mol. The number of rotatable bonds is 9. The summed E-state index contributed by atoms with van der Waals surface area (Å²) in [6.07, 6.45) is 2.39. The third kappa shape index (κ3) is 4.23. The average molecular weight is 432 g/mol. The summed E-state index contributed by atoms with van der Waals surface area (Å²) < 4.78 is 16.5. The number of hydrogen-bond acceptors (Lipinski definition) is 6. The van der Waals surface area contributed by atoms with E-state index < -0.39 is 11.8 Å². The van der Waals surface area contributed by atoms with E-state index in [-0.39, 0.29) is 17.8 Å². The number of carbonyl (C=O) groups excluding carboxylic acids is 2. The Morgan fingerprint density at radius 2 is 1.84 bits per heavy atom. The van der Waals surface area contributed by atoms with Crippen molar-refractivity contribution in [1.82, 2.24) is 4.90 Å². The molecular weight excluding hydrogens is 408 g/mol. The molecule has 0 saturated carbocycles. The van der Waals surface area contributed by atoms with E-state index in [1.165, 1.54) is 18.3 Å². The van der Waals surface area contributed by atoms with Crippen LogP contribution in [-0.4, -0.2) is 30.4 Å². The number of para-hydroxylation sites is 1. The molecular formula is C25H24N2O5. The smallest absolute Gasteiger partial charge is 0.278 e. The first-order valence-corrected chi connectivity index (χ1v) is 10.4. The Bertz CT molecular complexity index is 1150. The fraction of sp³-hybridized carbons (Fsp3) is 0.200. The highest BCUT2D eigenvalue weighted by Crippen LogP contribution is 2.36. The van der Waals surface area contributed by atoms with Crippen LogP contribution >= 0.6 is 0 Å². The number of anilines is 1. The predicted molar refractivity (Wildman–Crippen MR) is 120 cm³/mol. The highest BCUT2D eigenvalue weighted by atomic mass is 16.5. The van der Waals surface area contributed by atoms with Crippen molar-refractivity contribution >= 4 is 23.1 Å². The van der Waals surface area contributed by atoms with E-state index in [9.17, 15) is 9.59 Å². The number of hydrogen-bond donors (Lipinski definition) is 1. The Morgan fingerprint density at radius 3 is 2.59 bits per heavy atom. The first kappa shape index (κ1) is 21.2. The lowest BCUT2D eigenvalue weighted by Crippen LogP contribution is -2.31. The number of ether oxygens (including phenoxy) is 2. The van der Waals surface area contributed by atoms with Gasteiger partial charge >= 0.3 is 0 Å². The first-order valence-electron chi connectivity index (χ1n) is 10.4. The van der Waals surface area contributed by atoms with Gasteiger partial charge in [0.05, 0.1) is 32.1 Å². The summed E-state index contributed by atoms with van der Waals surface area (Å²) in [6, 6.07) is 17.9. The van der Waals surface area contributed by atoms with E-state index in [0.717, 1.165) is 6.42 Å². The van der Waals surface area contributed by atoms with E-state index in [0.29, 0.717) is 35.1 Å². The summed E-state index contributed by atoms with van der Waals surface area (Å²) in [5, 5.41) is 3.15. The molecule has 0 radical (unpaired) electrons. The molecule has 1 aliphatic rings. The lowest BCUT2D eigenvalue weighted by atomic mass is 10.0. The Kier molecular flexibility index (Phi) is 6.26. The van der Waals surface area contributed by atoms with Crippen molar-refractivity contribution in [2.75, 3.05) is 19.0 Å². The zero-order valence-electron chi connectivity index (χ0n) is 18.0. The van der Waals surface area contributed by atoms with Crippen LogP contribution in [0.1, 0.15) is 24.7 Å². The van der Waals surface area contributed by atoms with E-state index in [1.807, 2.05) is 31.2 Å². The minimum absolute atomic E-state index is 0.0359. The van der Waals surface area contributed by atoms with Gasteiger partial charge in [-0.2, -0.15) is 0 Å². The Balaban J connectivity index is 1.74. The van der Waals surface area contributed by atoms with Crippen LogP contribution in [0, 0.1) is 0 Å². The highest BCUT2D eigenvalue weighted by Gasteiger charge is 2.40. The number of benzene rings is 2. The van der Waals surface area contributed by atoms with Crippen LogP contribution in [0.5, 0.6) is 11.5 Å². The van der Waals surface area contributed by atoms with Gasteiger partial charge in [0.25, 0.3) is 11.8 Å². The van der Waals surface area contributed by atoms with Gasteiger partial charge in [-0.3, -0.25) is 14.5 Å². The Labute approximate surface area is 186 Å². The molecule has 0 bridgehead atoms. The molecule has 32 heavy (non-hydrogen) atoms. The van der Waals surface area contributed by atoms with Crippen LogP contribution in [0.4, 0.5) is 5.69 Å². The third-order valence-corrected chi connectivity index (χ3v) is 5.01. The molecule has 1 aromatic heterocycles. The minimum atomic E-state index is -0.438. The number of furan rings is 1. The summed E-state index contributed by atoms with van der Waals surface area (Å²) >= 11 is 0. The predicted octanol–water partition coefficient (Wildman–Crippen LogP) is 4.47. The zero-order chi connectivity index (χ0) is 22.5. The second kappa shape index (κ2) is 9.43. The van der Waals surface area contributed by atoms with E-state index >= 15 is 0 Å². The van der Waals surface area contributed by atoms with Gasteiger partial charge in [0.1, 0.15) is 23.0 Å². The van der Waals surface area contributed by atoms with Gasteiger partial charge in [-0.1, -0.05) is 31.2 Å². The minimum Gasteiger partial charge on any atom is -0.496 e. The maximum atomic E-state index is 13.4. The molecule has 2 heterocycles. The summed E-state index contributed by atoms with van der Waals surface area (Å²) in [5.74, 6) is 0.842. The van der Waals surface area contributed by atoms with Crippen LogP contribution in [0.25, 0.3) is 5.57 Å². The maximum Gasteiger partial charge on any atom is 0.278 e.